The van der Waals surface area contributed by atoms with Gasteiger partial charge in [0, 0.05) is 0 Å². The molecule has 0 aromatic heterocycles. The zero-order chi connectivity index (χ0) is 29.7. The SMILES string of the molecule is CC(C)CC(c1ccccc1)C(C)(C)C(C)(C)C/C=C\CC(C)(C)C(C)(C)CC(c1ccccc1)C(C)(C)C. The molecule has 0 heterocycles. The van der Waals surface area contributed by atoms with E-state index in [1.165, 1.54) is 24.0 Å². The maximum atomic E-state index is 2.50. The molecular formula is C39H62. The minimum absolute atomic E-state index is 0.174. The van der Waals surface area contributed by atoms with Gasteiger partial charge in [0.2, 0.25) is 0 Å². The Labute approximate surface area is 244 Å². The van der Waals surface area contributed by atoms with E-state index < -0.39 is 0 Å². The third kappa shape index (κ3) is 8.58. The van der Waals surface area contributed by atoms with Gasteiger partial charge < -0.3 is 0 Å². The van der Waals surface area contributed by atoms with Crippen LogP contribution in [0, 0.1) is 33.0 Å². The monoisotopic (exact) mass is 530 g/mol. The summed E-state index contributed by atoms with van der Waals surface area (Å²) in [5.41, 5.74) is 3.95. The maximum Gasteiger partial charge on any atom is -0.0103 e. The highest BCUT2D eigenvalue weighted by Crippen LogP contribution is 2.54. The van der Waals surface area contributed by atoms with Crippen molar-refractivity contribution < 1.29 is 0 Å². The first-order valence-corrected chi connectivity index (χ1v) is 15.6. The second kappa shape index (κ2) is 12.8. The fraction of sp³-hybridized carbons (Fsp3) is 0.641. The quantitative estimate of drug-likeness (QED) is 0.226. The largest absolute Gasteiger partial charge is 0.0880 e. The fourth-order valence-corrected chi connectivity index (χ4v) is 6.17. The van der Waals surface area contributed by atoms with Crippen molar-refractivity contribution in [3.05, 3.63) is 83.9 Å². The molecule has 0 fully saturated rings. The van der Waals surface area contributed by atoms with E-state index in [0.29, 0.717) is 17.8 Å². The van der Waals surface area contributed by atoms with Crippen LogP contribution in [0.15, 0.2) is 72.8 Å². The number of benzene rings is 2. The van der Waals surface area contributed by atoms with Crippen LogP contribution in [0.3, 0.4) is 0 Å². The summed E-state index contributed by atoms with van der Waals surface area (Å²) in [6, 6.07) is 22.4. The minimum atomic E-state index is 0.174. The molecule has 0 aliphatic heterocycles. The van der Waals surface area contributed by atoms with E-state index in [1.807, 2.05) is 0 Å². The Balaban J connectivity index is 2.17. The van der Waals surface area contributed by atoms with Crippen LogP contribution in [0.5, 0.6) is 0 Å². The Kier molecular flexibility index (Phi) is 10.9. The predicted molar refractivity (Wildman–Crippen MR) is 175 cm³/mol. The zero-order valence-electron chi connectivity index (χ0n) is 28.0. The molecule has 0 bridgehead atoms. The summed E-state index contributed by atoms with van der Waals surface area (Å²) in [5, 5.41) is 0. The Bertz CT molecular complexity index is 1010. The second-order valence-corrected chi connectivity index (χ2v) is 16.4. The predicted octanol–water partition coefficient (Wildman–Crippen LogP) is 12.5. The smallest absolute Gasteiger partial charge is 0.0103 e. The molecule has 2 aromatic carbocycles. The van der Waals surface area contributed by atoms with Gasteiger partial charge in [0.15, 0.2) is 0 Å². The highest BCUT2D eigenvalue weighted by atomic mass is 14.5. The summed E-state index contributed by atoms with van der Waals surface area (Å²) >= 11 is 0. The first-order chi connectivity index (χ1) is 17.8. The molecule has 0 spiro atoms. The van der Waals surface area contributed by atoms with Crippen LogP contribution in [0.1, 0.15) is 139 Å². The zero-order valence-corrected chi connectivity index (χ0v) is 28.0. The average molecular weight is 531 g/mol. The van der Waals surface area contributed by atoms with Crippen LogP contribution in [0.4, 0.5) is 0 Å². The lowest BCUT2D eigenvalue weighted by atomic mass is 9.56. The van der Waals surface area contributed by atoms with Crippen molar-refractivity contribution in [2.45, 2.75) is 128 Å². The number of hydrogen-bond acceptors (Lipinski definition) is 0. The minimum Gasteiger partial charge on any atom is -0.0880 e. The summed E-state index contributed by atoms with van der Waals surface area (Å²) in [7, 11) is 0. The summed E-state index contributed by atoms with van der Waals surface area (Å²) in [4.78, 5) is 0. The first-order valence-electron chi connectivity index (χ1n) is 15.6. The summed E-state index contributed by atoms with van der Waals surface area (Å²) in [5.74, 6) is 1.76. The van der Waals surface area contributed by atoms with Crippen LogP contribution >= 0.6 is 0 Å². The lowest BCUT2D eigenvalue weighted by molar-refractivity contribution is 0.0664. The van der Waals surface area contributed by atoms with Gasteiger partial charge >= 0.3 is 0 Å². The third-order valence-electron chi connectivity index (χ3n) is 10.7. The molecule has 2 rings (SSSR count). The van der Waals surface area contributed by atoms with Crippen molar-refractivity contribution in [1.82, 2.24) is 0 Å². The van der Waals surface area contributed by atoms with Gasteiger partial charge in [0.1, 0.15) is 0 Å². The molecule has 0 aliphatic rings. The van der Waals surface area contributed by atoms with Gasteiger partial charge in [-0.25, -0.2) is 0 Å². The van der Waals surface area contributed by atoms with Gasteiger partial charge in [-0.3, -0.25) is 0 Å². The van der Waals surface area contributed by atoms with Crippen molar-refractivity contribution in [2.75, 3.05) is 0 Å². The van der Waals surface area contributed by atoms with Crippen LogP contribution in [-0.2, 0) is 0 Å². The summed E-state index contributed by atoms with van der Waals surface area (Å²) < 4.78 is 0. The van der Waals surface area contributed by atoms with Crippen molar-refractivity contribution in [2.24, 2.45) is 33.0 Å². The number of rotatable bonds is 13. The van der Waals surface area contributed by atoms with Crippen molar-refractivity contribution >= 4 is 0 Å². The molecule has 2 unspecified atom stereocenters. The maximum absolute atomic E-state index is 2.50. The van der Waals surface area contributed by atoms with Gasteiger partial charge in [-0.1, -0.05) is 163 Å². The molecule has 0 radical (unpaired) electrons. The van der Waals surface area contributed by atoms with Crippen LogP contribution in [0.25, 0.3) is 0 Å². The van der Waals surface area contributed by atoms with Crippen LogP contribution < -0.4 is 0 Å². The summed E-state index contributed by atoms with van der Waals surface area (Å²) in [6.07, 6.45) is 9.61. The molecule has 2 aromatic rings. The Hall–Kier alpha value is -1.82. The van der Waals surface area contributed by atoms with Crippen molar-refractivity contribution in [3.8, 4) is 0 Å². The van der Waals surface area contributed by atoms with Gasteiger partial charge in [0.25, 0.3) is 0 Å². The van der Waals surface area contributed by atoms with Gasteiger partial charge in [0.05, 0.1) is 0 Å². The number of hydrogen-bond donors (Lipinski definition) is 0. The van der Waals surface area contributed by atoms with E-state index in [2.05, 4.69) is 163 Å². The molecule has 0 saturated heterocycles. The molecule has 0 amide bonds. The lowest BCUT2D eigenvalue weighted by Crippen LogP contribution is -2.38. The van der Waals surface area contributed by atoms with Crippen molar-refractivity contribution in [1.29, 1.82) is 0 Å². The molecule has 0 aliphatic carbocycles. The normalized spacial score (nSPS) is 15.6. The molecule has 39 heavy (non-hydrogen) atoms. The van der Waals surface area contributed by atoms with E-state index in [-0.39, 0.29) is 27.1 Å². The van der Waals surface area contributed by atoms with E-state index in [0.717, 1.165) is 12.8 Å². The molecular weight excluding hydrogens is 468 g/mol. The Morgan fingerprint density at radius 2 is 0.949 bits per heavy atom. The van der Waals surface area contributed by atoms with Gasteiger partial charge in [-0.2, -0.15) is 0 Å². The topological polar surface area (TPSA) is 0 Å². The average Bonchev–Trinajstić information content (AvgIpc) is 2.83. The van der Waals surface area contributed by atoms with E-state index in [9.17, 15) is 0 Å². The fourth-order valence-electron chi connectivity index (χ4n) is 6.17. The van der Waals surface area contributed by atoms with Crippen LogP contribution in [0.2, 0.25) is 0 Å². The second-order valence-electron chi connectivity index (χ2n) is 16.4. The molecule has 0 N–H and O–H groups in total. The van der Waals surface area contributed by atoms with Gasteiger partial charge in [-0.05, 0) is 81.6 Å². The third-order valence-corrected chi connectivity index (χ3v) is 10.7. The van der Waals surface area contributed by atoms with Gasteiger partial charge in [-0.15, -0.1) is 0 Å². The Morgan fingerprint density at radius 3 is 1.36 bits per heavy atom. The van der Waals surface area contributed by atoms with E-state index in [4.69, 9.17) is 0 Å². The summed E-state index contributed by atoms with van der Waals surface area (Å²) in [6.45, 7) is 31.9. The molecule has 2 atom stereocenters. The van der Waals surface area contributed by atoms with E-state index in [1.54, 1.807) is 0 Å². The molecule has 218 valence electrons. The molecule has 0 saturated carbocycles. The molecule has 0 nitrogen and oxygen atoms in total. The van der Waals surface area contributed by atoms with E-state index >= 15 is 0 Å². The van der Waals surface area contributed by atoms with Crippen LogP contribution in [-0.4, -0.2) is 0 Å². The highest BCUT2D eigenvalue weighted by Gasteiger charge is 2.43. The highest BCUT2D eigenvalue weighted by molar-refractivity contribution is 5.24. The standard InChI is InChI=1S/C39H62/c1-30(2)28-33(31-22-16-14-17-23-31)39(12,13)37(8,9)27-21-20-26-36(6,7)38(10,11)29-34(35(3,4)5)32-24-18-15-19-25-32/h14-25,30,33-34H,26-29H2,1-13H3/b21-20-. The first kappa shape index (κ1) is 33.4. The molecule has 0 heteroatoms. The Morgan fingerprint density at radius 1 is 0.538 bits per heavy atom. The lowest BCUT2D eigenvalue weighted by Gasteiger charge is -2.48. The number of allylic oxidation sites excluding steroid dienone is 2. The van der Waals surface area contributed by atoms with Crippen molar-refractivity contribution in [3.63, 3.8) is 0 Å².